The minimum absolute atomic E-state index is 0.400. The predicted molar refractivity (Wildman–Crippen MR) is 88.3 cm³/mol. The first kappa shape index (κ1) is 14.5. The highest BCUT2D eigenvalue weighted by Gasteiger charge is 2.13. The Kier molecular flexibility index (Phi) is 4.69. The maximum absolute atomic E-state index is 5.83. The molecule has 0 aliphatic rings. The molecule has 0 unspecified atom stereocenters. The molecule has 0 saturated carbocycles. The lowest BCUT2D eigenvalue weighted by Gasteiger charge is -2.22. The molecule has 0 fully saturated rings. The van der Waals surface area contributed by atoms with E-state index in [-0.39, 0.29) is 0 Å². The third kappa shape index (κ3) is 3.33. The molecule has 2 rings (SSSR count). The number of nitrogens with two attached hydrogens (primary N) is 1. The van der Waals surface area contributed by atoms with Crippen molar-refractivity contribution in [3.05, 3.63) is 59.3 Å². The largest absolute Gasteiger partial charge is 0.389 e. The summed E-state index contributed by atoms with van der Waals surface area (Å²) in [6.45, 7) is 2.88. The second-order valence-corrected chi connectivity index (χ2v) is 5.29. The van der Waals surface area contributed by atoms with Crippen molar-refractivity contribution in [1.82, 2.24) is 4.98 Å². The molecule has 0 amide bonds. The molecule has 0 saturated heterocycles. The number of aromatic nitrogens is 1. The highest BCUT2D eigenvalue weighted by molar-refractivity contribution is 7.80. The SMILES string of the molecule is Cc1ccnc(N(C)CCc2ccccc2)c1C(N)=S. The molecule has 2 aromatic rings. The predicted octanol–water partition coefficient (Wildman–Crippen LogP) is 2.70. The van der Waals surface area contributed by atoms with Gasteiger partial charge in [-0.3, -0.25) is 0 Å². The Morgan fingerprint density at radius 1 is 1.25 bits per heavy atom. The normalized spacial score (nSPS) is 10.3. The number of benzene rings is 1. The number of anilines is 1. The van der Waals surface area contributed by atoms with Gasteiger partial charge < -0.3 is 10.6 Å². The van der Waals surface area contributed by atoms with E-state index in [1.807, 2.05) is 26.1 Å². The molecular formula is C16H19N3S. The summed E-state index contributed by atoms with van der Waals surface area (Å²) in [4.78, 5) is 6.94. The zero-order valence-electron chi connectivity index (χ0n) is 11.8. The van der Waals surface area contributed by atoms with E-state index >= 15 is 0 Å². The summed E-state index contributed by atoms with van der Waals surface area (Å²) in [5.74, 6) is 0.855. The van der Waals surface area contributed by atoms with Crippen LogP contribution >= 0.6 is 12.2 Å². The molecule has 1 aromatic carbocycles. The van der Waals surface area contributed by atoms with Gasteiger partial charge in [0.2, 0.25) is 0 Å². The standard InChI is InChI=1S/C16H19N3S/c1-12-8-10-18-16(14(12)15(17)20)19(2)11-9-13-6-4-3-5-7-13/h3-8,10H,9,11H2,1-2H3,(H2,17,20). The van der Waals surface area contributed by atoms with Crippen LogP contribution in [0.3, 0.4) is 0 Å². The molecule has 4 heteroatoms. The number of aryl methyl sites for hydroxylation is 1. The Labute approximate surface area is 125 Å². The highest BCUT2D eigenvalue weighted by atomic mass is 32.1. The third-order valence-corrected chi connectivity index (χ3v) is 3.53. The van der Waals surface area contributed by atoms with Crippen LogP contribution in [0.1, 0.15) is 16.7 Å². The van der Waals surface area contributed by atoms with Crippen LogP contribution in [0.15, 0.2) is 42.6 Å². The Morgan fingerprint density at radius 3 is 2.60 bits per heavy atom. The van der Waals surface area contributed by atoms with Crippen molar-refractivity contribution in [2.75, 3.05) is 18.5 Å². The first-order chi connectivity index (χ1) is 9.59. The van der Waals surface area contributed by atoms with Crippen LogP contribution in [0.5, 0.6) is 0 Å². The summed E-state index contributed by atoms with van der Waals surface area (Å²) in [5, 5.41) is 0. The molecule has 0 aliphatic heterocycles. The van der Waals surface area contributed by atoms with Crippen molar-refractivity contribution in [3.63, 3.8) is 0 Å². The second-order valence-electron chi connectivity index (χ2n) is 4.85. The van der Waals surface area contributed by atoms with Gasteiger partial charge >= 0.3 is 0 Å². The van der Waals surface area contributed by atoms with E-state index in [0.29, 0.717) is 4.99 Å². The van der Waals surface area contributed by atoms with Crippen molar-refractivity contribution in [3.8, 4) is 0 Å². The minimum atomic E-state index is 0.400. The molecule has 3 nitrogen and oxygen atoms in total. The fourth-order valence-corrected chi connectivity index (χ4v) is 2.44. The molecule has 0 atom stereocenters. The fourth-order valence-electron chi connectivity index (χ4n) is 2.19. The summed E-state index contributed by atoms with van der Waals surface area (Å²) in [6, 6.07) is 12.3. The Morgan fingerprint density at radius 2 is 1.95 bits per heavy atom. The quantitative estimate of drug-likeness (QED) is 0.858. The summed E-state index contributed by atoms with van der Waals surface area (Å²) in [5.41, 5.74) is 9.07. The third-order valence-electron chi connectivity index (χ3n) is 3.33. The number of pyridine rings is 1. The van der Waals surface area contributed by atoms with E-state index in [1.165, 1.54) is 5.56 Å². The molecule has 0 spiro atoms. The Balaban J connectivity index is 2.15. The van der Waals surface area contributed by atoms with Crippen LogP contribution in [0.2, 0.25) is 0 Å². The van der Waals surface area contributed by atoms with E-state index < -0.39 is 0 Å². The van der Waals surface area contributed by atoms with Crippen LogP contribution < -0.4 is 10.6 Å². The van der Waals surface area contributed by atoms with Gasteiger partial charge in [0.25, 0.3) is 0 Å². The van der Waals surface area contributed by atoms with Gasteiger partial charge in [-0.2, -0.15) is 0 Å². The maximum atomic E-state index is 5.83. The van der Waals surface area contributed by atoms with Crippen molar-refractivity contribution in [2.24, 2.45) is 5.73 Å². The average molecular weight is 285 g/mol. The van der Waals surface area contributed by atoms with Crippen LogP contribution in [0.4, 0.5) is 5.82 Å². The van der Waals surface area contributed by atoms with Gasteiger partial charge in [0.15, 0.2) is 0 Å². The van der Waals surface area contributed by atoms with Crippen molar-refractivity contribution in [1.29, 1.82) is 0 Å². The fraction of sp³-hybridized carbons (Fsp3) is 0.250. The highest BCUT2D eigenvalue weighted by Crippen LogP contribution is 2.20. The van der Waals surface area contributed by atoms with Crippen molar-refractivity contribution in [2.45, 2.75) is 13.3 Å². The van der Waals surface area contributed by atoms with Crippen LogP contribution in [0, 0.1) is 6.92 Å². The molecule has 2 N–H and O–H groups in total. The molecule has 0 aliphatic carbocycles. The smallest absolute Gasteiger partial charge is 0.138 e. The van der Waals surface area contributed by atoms with Gasteiger partial charge in [0.1, 0.15) is 10.8 Å². The minimum Gasteiger partial charge on any atom is -0.389 e. The molecule has 1 aromatic heterocycles. The molecule has 0 radical (unpaired) electrons. The van der Waals surface area contributed by atoms with Crippen LogP contribution in [0.25, 0.3) is 0 Å². The molecule has 0 bridgehead atoms. The zero-order chi connectivity index (χ0) is 14.5. The lowest BCUT2D eigenvalue weighted by atomic mass is 10.1. The van der Waals surface area contributed by atoms with E-state index in [2.05, 4.69) is 34.1 Å². The number of hydrogen-bond donors (Lipinski definition) is 1. The number of hydrogen-bond acceptors (Lipinski definition) is 3. The summed E-state index contributed by atoms with van der Waals surface area (Å²) in [7, 11) is 2.02. The molecule has 1 heterocycles. The topological polar surface area (TPSA) is 42.2 Å². The van der Waals surface area contributed by atoms with E-state index in [1.54, 1.807) is 6.20 Å². The van der Waals surface area contributed by atoms with Gasteiger partial charge in [-0.05, 0) is 30.5 Å². The summed E-state index contributed by atoms with van der Waals surface area (Å²) in [6.07, 6.45) is 2.76. The molecule has 20 heavy (non-hydrogen) atoms. The Hall–Kier alpha value is -1.94. The summed E-state index contributed by atoms with van der Waals surface area (Å²) < 4.78 is 0. The first-order valence-corrected chi connectivity index (χ1v) is 7.01. The second kappa shape index (κ2) is 6.48. The van der Waals surface area contributed by atoms with Crippen LogP contribution in [-0.2, 0) is 6.42 Å². The lowest BCUT2D eigenvalue weighted by molar-refractivity contribution is 0.857. The number of thiocarbonyl (C=S) groups is 1. The lowest BCUT2D eigenvalue weighted by Crippen LogP contribution is -2.26. The summed E-state index contributed by atoms with van der Waals surface area (Å²) >= 11 is 5.15. The van der Waals surface area contributed by atoms with E-state index in [4.69, 9.17) is 18.0 Å². The van der Waals surface area contributed by atoms with Gasteiger partial charge in [0.05, 0.1) is 5.56 Å². The average Bonchev–Trinajstić information content (AvgIpc) is 2.45. The van der Waals surface area contributed by atoms with E-state index in [9.17, 15) is 0 Å². The monoisotopic (exact) mass is 285 g/mol. The van der Waals surface area contributed by atoms with Gasteiger partial charge in [-0.15, -0.1) is 0 Å². The van der Waals surface area contributed by atoms with Crippen molar-refractivity contribution < 1.29 is 0 Å². The molecular weight excluding hydrogens is 266 g/mol. The van der Waals surface area contributed by atoms with Crippen LogP contribution in [-0.4, -0.2) is 23.6 Å². The Bertz CT molecular complexity index is 596. The zero-order valence-corrected chi connectivity index (χ0v) is 12.7. The van der Waals surface area contributed by atoms with Crippen molar-refractivity contribution >= 4 is 23.0 Å². The maximum Gasteiger partial charge on any atom is 0.138 e. The number of nitrogens with zero attached hydrogens (tertiary/aromatic N) is 2. The number of rotatable bonds is 5. The first-order valence-electron chi connectivity index (χ1n) is 6.60. The van der Waals surface area contributed by atoms with Gasteiger partial charge in [-0.1, -0.05) is 42.5 Å². The molecule has 104 valence electrons. The van der Waals surface area contributed by atoms with Gasteiger partial charge in [-0.25, -0.2) is 4.98 Å². The van der Waals surface area contributed by atoms with Gasteiger partial charge in [0, 0.05) is 19.8 Å². The number of likely N-dealkylation sites (N-methyl/N-ethyl adjacent to an activating group) is 1. The van der Waals surface area contributed by atoms with E-state index in [0.717, 1.165) is 29.9 Å².